The van der Waals surface area contributed by atoms with Crippen molar-refractivity contribution < 1.29 is 14.6 Å². The molecule has 2 aromatic carbocycles. The van der Waals surface area contributed by atoms with Crippen molar-refractivity contribution in [3.8, 4) is 11.5 Å². The topological polar surface area (TPSA) is 50.7 Å². The maximum Gasteiger partial charge on any atom is 0.180 e. The van der Waals surface area contributed by atoms with Crippen molar-refractivity contribution in [2.45, 2.75) is 33.1 Å². The molecule has 0 aliphatic heterocycles. The van der Waals surface area contributed by atoms with Crippen LogP contribution in [-0.2, 0) is 13.2 Å². The number of hydrogen-bond donors (Lipinski definition) is 2. The maximum atomic E-state index is 9.29. The summed E-state index contributed by atoms with van der Waals surface area (Å²) in [6, 6.07) is 11.9. The molecule has 25 heavy (non-hydrogen) atoms. The van der Waals surface area contributed by atoms with Gasteiger partial charge >= 0.3 is 0 Å². The zero-order valence-corrected chi connectivity index (χ0v) is 16.3. The molecule has 6 heteroatoms. The van der Waals surface area contributed by atoms with Crippen LogP contribution in [0.2, 0.25) is 5.02 Å². The first-order valence-corrected chi connectivity index (χ1v) is 8.31. The van der Waals surface area contributed by atoms with Gasteiger partial charge in [0.25, 0.3) is 0 Å². The Bertz CT molecular complexity index is 660. The van der Waals surface area contributed by atoms with E-state index >= 15 is 0 Å². The number of rotatable bonds is 8. The standard InChI is InChI=1S/C19H24ClNO3.ClH/c1-13-4-6-15(7-5-13)12-24-19-17(20)8-16(9-18(19)23-3)11-21-10-14(2)22;/h4-9,14,21-22H,10-12H2,1-3H3;1H. The van der Waals surface area contributed by atoms with Crippen LogP contribution in [0.15, 0.2) is 36.4 Å². The molecule has 0 saturated carbocycles. The van der Waals surface area contributed by atoms with E-state index in [4.69, 9.17) is 21.1 Å². The van der Waals surface area contributed by atoms with Gasteiger partial charge in [0.15, 0.2) is 11.5 Å². The summed E-state index contributed by atoms with van der Waals surface area (Å²) in [6.45, 7) is 5.33. The van der Waals surface area contributed by atoms with Gasteiger partial charge in [0.2, 0.25) is 0 Å². The second kappa shape index (κ2) is 10.5. The predicted octanol–water partition coefficient (Wildman–Crippen LogP) is 4.13. The Morgan fingerprint density at radius 1 is 1.16 bits per heavy atom. The highest BCUT2D eigenvalue weighted by Crippen LogP contribution is 2.37. The summed E-state index contributed by atoms with van der Waals surface area (Å²) in [4.78, 5) is 0. The van der Waals surface area contributed by atoms with Crippen LogP contribution in [0.3, 0.4) is 0 Å². The Morgan fingerprint density at radius 2 is 1.84 bits per heavy atom. The Balaban J connectivity index is 0.00000312. The van der Waals surface area contributed by atoms with Crippen molar-refractivity contribution in [3.05, 3.63) is 58.1 Å². The van der Waals surface area contributed by atoms with Gasteiger partial charge in [0, 0.05) is 13.1 Å². The smallest absolute Gasteiger partial charge is 0.180 e. The molecule has 2 aromatic rings. The third-order valence-corrected chi connectivity index (χ3v) is 3.84. The van der Waals surface area contributed by atoms with E-state index in [0.29, 0.717) is 36.2 Å². The van der Waals surface area contributed by atoms with Crippen LogP contribution in [0.4, 0.5) is 0 Å². The van der Waals surface area contributed by atoms with E-state index in [-0.39, 0.29) is 18.5 Å². The van der Waals surface area contributed by atoms with Crippen molar-refractivity contribution in [3.63, 3.8) is 0 Å². The molecule has 0 spiro atoms. The van der Waals surface area contributed by atoms with Crippen molar-refractivity contribution in [2.75, 3.05) is 13.7 Å². The van der Waals surface area contributed by atoms with Crippen molar-refractivity contribution >= 4 is 24.0 Å². The van der Waals surface area contributed by atoms with E-state index in [9.17, 15) is 5.11 Å². The zero-order chi connectivity index (χ0) is 17.5. The van der Waals surface area contributed by atoms with Crippen LogP contribution in [0.1, 0.15) is 23.6 Å². The van der Waals surface area contributed by atoms with Crippen LogP contribution in [0, 0.1) is 6.92 Å². The van der Waals surface area contributed by atoms with E-state index in [1.807, 2.05) is 24.3 Å². The summed E-state index contributed by atoms with van der Waals surface area (Å²) in [5, 5.41) is 13.0. The number of aryl methyl sites for hydroxylation is 1. The minimum absolute atomic E-state index is 0. The van der Waals surface area contributed by atoms with Gasteiger partial charge in [-0.15, -0.1) is 12.4 Å². The SMILES string of the molecule is COc1cc(CNCC(C)O)cc(Cl)c1OCc1ccc(C)cc1.Cl. The molecule has 0 radical (unpaired) electrons. The second-order valence-corrected chi connectivity index (χ2v) is 6.27. The number of ether oxygens (including phenoxy) is 2. The number of halogens is 2. The molecule has 1 atom stereocenters. The van der Waals surface area contributed by atoms with Gasteiger partial charge in [-0.05, 0) is 37.1 Å². The third-order valence-electron chi connectivity index (χ3n) is 3.56. The normalized spacial score (nSPS) is 11.6. The second-order valence-electron chi connectivity index (χ2n) is 5.86. The molecule has 2 N–H and O–H groups in total. The minimum Gasteiger partial charge on any atom is -0.493 e. The first-order valence-electron chi connectivity index (χ1n) is 7.93. The van der Waals surface area contributed by atoms with Gasteiger partial charge in [0.1, 0.15) is 6.61 Å². The number of nitrogens with one attached hydrogen (secondary N) is 1. The first kappa shape index (κ1) is 21.6. The Hall–Kier alpha value is -1.46. The highest BCUT2D eigenvalue weighted by molar-refractivity contribution is 6.32. The molecule has 0 fully saturated rings. The Morgan fingerprint density at radius 3 is 2.44 bits per heavy atom. The molecule has 0 aromatic heterocycles. The molecule has 0 aliphatic carbocycles. The van der Waals surface area contributed by atoms with E-state index < -0.39 is 0 Å². The highest BCUT2D eigenvalue weighted by atomic mass is 35.5. The lowest BCUT2D eigenvalue weighted by Gasteiger charge is -2.15. The van der Waals surface area contributed by atoms with Gasteiger partial charge in [-0.3, -0.25) is 0 Å². The summed E-state index contributed by atoms with van der Waals surface area (Å²) in [7, 11) is 1.59. The molecule has 2 rings (SSSR count). The summed E-state index contributed by atoms with van der Waals surface area (Å²) < 4.78 is 11.3. The van der Waals surface area contributed by atoms with Crippen molar-refractivity contribution in [2.24, 2.45) is 0 Å². The average molecular weight is 386 g/mol. The highest BCUT2D eigenvalue weighted by Gasteiger charge is 2.12. The van der Waals surface area contributed by atoms with E-state index in [0.717, 1.165) is 11.1 Å². The average Bonchev–Trinajstić information content (AvgIpc) is 2.54. The predicted molar refractivity (Wildman–Crippen MR) is 104 cm³/mol. The molecule has 0 saturated heterocycles. The van der Waals surface area contributed by atoms with E-state index in [1.54, 1.807) is 14.0 Å². The van der Waals surface area contributed by atoms with Crippen molar-refractivity contribution in [1.82, 2.24) is 5.32 Å². The molecule has 0 aliphatic rings. The monoisotopic (exact) mass is 385 g/mol. The van der Waals surface area contributed by atoms with Gasteiger partial charge in [-0.25, -0.2) is 0 Å². The van der Waals surface area contributed by atoms with E-state index in [2.05, 4.69) is 24.4 Å². The van der Waals surface area contributed by atoms with Crippen LogP contribution in [-0.4, -0.2) is 24.9 Å². The summed E-state index contributed by atoms with van der Waals surface area (Å²) >= 11 is 6.36. The number of methoxy groups -OCH3 is 1. The van der Waals surface area contributed by atoms with Gasteiger partial charge in [-0.1, -0.05) is 41.4 Å². The van der Waals surface area contributed by atoms with Crippen LogP contribution in [0.25, 0.3) is 0 Å². The number of benzene rings is 2. The molecule has 138 valence electrons. The van der Waals surface area contributed by atoms with Gasteiger partial charge in [0.05, 0.1) is 18.2 Å². The zero-order valence-electron chi connectivity index (χ0n) is 14.7. The first-order chi connectivity index (χ1) is 11.5. The number of hydrogen-bond acceptors (Lipinski definition) is 4. The molecular formula is C19H25Cl2NO3. The number of aliphatic hydroxyl groups is 1. The fraction of sp³-hybridized carbons (Fsp3) is 0.368. The fourth-order valence-electron chi connectivity index (χ4n) is 2.28. The lowest BCUT2D eigenvalue weighted by atomic mass is 10.1. The molecule has 0 bridgehead atoms. The molecule has 4 nitrogen and oxygen atoms in total. The van der Waals surface area contributed by atoms with Crippen LogP contribution in [0.5, 0.6) is 11.5 Å². The molecule has 1 unspecified atom stereocenters. The molecular weight excluding hydrogens is 361 g/mol. The lowest BCUT2D eigenvalue weighted by Crippen LogP contribution is -2.23. The summed E-state index contributed by atoms with van der Waals surface area (Å²) in [6.07, 6.45) is -0.389. The quantitative estimate of drug-likeness (QED) is 0.717. The Kier molecular flexibility index (Phi) is 9.08. The van der Waals surface area contributed by atoms with Crippen LogP contribution >= 0.6 is 24.0 Å². The molecule has 0 amide bonds. The Labute approximate surface area is 160 Å². The minimum atomic E-state index is -0.389. The lowest BCUT2D eigenvalue weighted by molar-refractivity contribution is 0.191. The fourth-order valence-corrected chi connectivity index (χ4v) is 2.57. The van der Waals surface area contributed by atoms with Crippen molar-refractivity contribution in [1.29, 1.82) is 0 Å². The summed E-state index contributed by atoms with van der Waals surface area (Å²) in [5.41, 5.74) is 3.25. The van der Waals surface area contributed by atoms with E-state index in [1.165, 1.54) is 5.56 Å². The third kappa shape index (κ3) is 6.75. The van der Waals surface area contributed by atoms with Gasteiger partial charge in [-0.2, -0.15) is 0 Å². The maximum absolute atomic E-state index is 9.29. The summed E-state index contributed by atoms with van der Waals surface area (Å²) in [5.74, 6) is 1.14. The number of aliphatic hydroxyl groups excluding tert-OH is 1. The largest absolute Gasteiger partial charge is 0.493 e. The van der Waals surface area contributed by atoms with Gasteiger partial charge < -0.3 is 19.9 Å². The van der Waals surface area contributed by atoms with Crippen LogP contribution < -0.4 is 14.8 Å². The molecule has 0 heterocycles.